The predicted molar refractivity (Wildman–Crippen MR) is 70.4 cm³/mol. The quantitative estimate of drug-likeness (QED) is 0.671. The third kappa shape index (κ3) is 1.85. The van der Waals surface area contributed by atoms with E-state index in [2.05, 4.69) is 10.2 Å². The van der Waals surface area contributed by atoms with Crippen LogP contribution in [0.1, 0.15) is 10.5 Å². The number of benzene rings is 1. The van der Waals surface area contributed by atoms with Crippen molar-refractivity contribution in [2.45, 2.75) is 0 Å². The van der Waals surface area contributed by atoms with Crippen LogP contribution in [0.2, 0.25) is 0 Å². The Morgan fingerprint density at radius 3 is 2.79 bits per heavy atom. The second kappa shape index (κ2) is 4.53. The number of rotatable bonds is 3. The fourth-order valence-electron chi connectivity index (χ4n) is 2.01. The number of fused-ring (bicyclic) bond motifs is 1. The van der Waals surface area contributed by atoms with Crippen LogP contribution in [-0.4, -0.2) is 28.0 Å². The highest BCUT2D eigenvalue weighted by molar-refractivity contribution is 5.76. The number of ether oxygens (including phenoxy) is 1. The van der Waals surface area contributed by atoms with E-state index in [9.17, 15) is 4.79 Å². The largest absolute Gasteiger partial charge is 0.497 e. The molecule has 0 aliphatic carbocycles. The van der Waals surface area contributed by atoms with E-state index in [1.807, 2.05) is 30.3 Å². The molecule has 0 bridgehead atoms. The normalized spacial score (nSPS) is 10.6. The summed E-state index contributed by atoms with van der Waals surface area (Å²) in [7, 11) is 1.61. The number of hydrogen-bond acceptors (Lipinski definition) is 4. The summed E-state index contributed by atoms with van der Waals surface area (Å²) in [5.74, 6) is 1.36. The van der Waals surface area contributed by atoms with E-state index in [-0.39, 0.29) is 0 Å². The van der Waals surface area contributed by atoms with Crippen LogP contribution < -0.4 is 4.74 Å². The van der Waals surface area contributed by atoms with Crippen LogP contribution in [0, 0.1) is 0 Å². The summed E-state index contributed by atoms with van der Waals surface area (Å²) in [6.45, 7) is 0. The van der Waals surface area contributed by atoms with Crippen molar-refractivity contribution in [1.82, 2.24) is 14.6 Å². The lowest BCUT2D eigenvalue weighted by molar-refractivity contribution is 0.111. The number of aldehydes is 1. The first-order valence-electron chi connectivity index (χ1n) is 5.77. The van der Waals surface area contributed by atoms with Gasteiger partial charge >= 0.3 is 0 Å². The lowest BCUT2D eigenvalue weighted by Gasteiger charge is -2.04. The molecule has 5 heteroatoms. The molecule has 94 valence electrons. The number of carbonyl (C=O) groups excluding carboxylic acids is 1. The molecule has 0 spiro atoms. The van der Waals surface area contributed by atoms with E-state index in [1.165, 1.54) is 0 Å². The zero-order chi connectivity index (χ0) is 13.2. The summed E-state index contributed by atoms with van der Waals surface area (Å²) >= 11 is 0. The van der Waals surface area contributed by atoms with Gasteiger partial charge < -0.3 is 4.74 Å². The van der Waals surface area contributed by atoms with E-state index in [0.29, 0.717) is 17.2 Å². The van der Waals surface area contributed by atoms with Crippen LogP contribution >= 0.6 is 0 Å². The molecular weight excluding hydrogens is 242 g/mol. The maximum absolute atomic E-state index is 11.1. The molecular formula is C14H11N3O2. The number of nitrogens with zero attached hydrogens (tertiary/aromatic N) is 3. The van der Waals surface area contributed by atoms with Crippen LogP contribution in [0.3, 0.4) is 0 Å². The number of methoxy groups -OCH3 is 1. The Morgan fingerprint density at radius 1 is 1.16 bits per heavy atom. The first-order valence-corrected chi connectivity index (χ1v) is 5.77. The van der Waals surface area contributed by atoms with Gasteiger partial charge in [0.15, 0.2) is 17.8 Å². The van der Waals surface area contributed by atoms with E-state index >= 15 is 0 Å². The molecule has 2 aromatic heterocycles. The van der Waals surface area contributed by atoms with Crippen molar-refractivity contribution in [3.63, 3.8) is 0 Å². The second-order valence-electron chi connectivity index (χ2n) is 4.02. The van der Waals surface area contributed by atoms with Crippen molar-refractivity contribution in [1.29, 1.82) is 0 Å². The molecule has 0 aliphatic heterocycles. The minimum Gasteiger partial charge on any atom is -0.497 e. The molecule has 0 atom stereocenters. The molecule has 19 heavy (non-hydrogen) atoms. The van der Waals surface area contributed by atoms with Crippen LogP contribution in [-0.2, 0) is 0 Å². The lowest BCUT2D eigenvalue weighted by atomic mass is 10.2. The summed E-state index contributed by atoms with van der Waals surface area (Å²) in [6.07, 6.45) is 0.792. The summed E-state index contributed by atoms with van der Waals surface area (Å²) in [6, 6.07) is 12.8. The molecule has 0 saturated heterocycles. The molecule has 3 aromatic rings. The first-order chi connectivity index (χ1) is 9.33. The van der Waals surface area contributed by atoms with Gasteiger partial charge in [-0.3, -0.25) is 9.20 Å². The zero-order valence-electron chi connectivity index (χ0n) is 10.3. The summed E-state index contributed by atoms with van der Waals surface area (Å²) in [5.41, 5.74) is 2.00. The predicted octanol–water partition coefficient (Wildman–Crippen LogP) is 2.22. The topological polar surface area (TPSA) is 56.5 Å². The number of hydrogen-bond donors (Lipinski definition) is 0. The van der Waals surface area contributed by atoms with Gasteiger partial charge in [-0.15, -0.1) is 10.2 Å². The van der Waals surface area contributed by atoms with E-state index in [0.717, 1.165) is 17.6 Å². The fourth-order valence-corrected chi connectivity index (χ4v) is 2.01. The Labute approximate surface area is 109 Å². The highest BCUT2D eigenvalue weighted by Crippen LogP contribution is 2.23. The Morgan fingerprint density at radius 2 is 2.00 bits per heavy atom. The average Bonchev–Trinajstić information content (AvgIpc) is 2.91. The van der Waals surface area contributed by atoms with Crippen molar-refractivity contribution in [3.8, 4) is 17.1 Å². The summed E-state index contributed by atoms with van der Waals surface area (Å²) < 4.78 is 6.92. The number of aromatic nitrogens is 3. The highest BCUT2D eigenvalue weighted by atomic mass is 16.5. The van der Waals surface area contributed by atoms with Crippen molar-refractivity contribution >= 4 is 11.9 Å². The van der Waals surface area contributed by atoms with Gasteiger partial charge in [-0.05, 0) is 24.3 Å². The van der Waals surface area contributed by atoms with Gasteiger partial charge in [0.25, 0.3) is 0 Å². The lowest BCUT2D eigenvalue weighted by Crippen LogP contribution is -1.97. The molecule has 0 unspecified atom stereocenters. The smallest absolute Gasteiger partial charge is 0.169 e. The maximum Gasteiger partial charge on any atom is 0.169 e. The van der Waals surface area contributed by atoms with Crippen molar-refractivity contribution in [2.24, 2.45) is 0 Å². The molecule has 0 radical (unpaired) electrons. The molecule has 0 fully saturated rings. The van der Waals surface area contributed by atoms with Crippen molar-refractivity contribution in [2.75, 3.05) is 7.11 Å². The van der Waals surface area contributed by atoms with Gasteiger partial charge in [0.2, 0.25) is 0 Å². The van der Waals surface area contributed by atoms with Gasteiger partial charge in [-0.25, -0.2) is 0 Å². The van der Waals surface area contributed by atoms with Crippen LogP contribution in [0.25, 0.3) is 17.0 Å². The van der Waals surface area contributed by atoms with Gasteiger partial charge in [0.1, 0.15) is 5.75 Å². The van der Waals surface area contributed by atoms with Gasteiger partial charge in [-0.2, -0.15) is 0 Å². The molecule has 1 aromatic carbocycles. The second-order valence-corrected chi connectivity index (χ2v) is 4.02. The highest BCUT2D eigenvalue weighted by Gasteiger charge is 2.11. The third-order valence-electron chi connectivity index (χ3n) is 2.91. The van der Waals surface area contributed by atoms with E-state index < -0.39 is 0 Å². The Bertz CT molecular complexity index is 749. The standard InChI is InChI=1S/C14H11N3O2/c1-19-12-6-2-4-10(8-12)14-16-15-13-7-3-5-11(9-18)17(13)14/h2-9H,1H3. The van der Waals surface area contributed by atoms with Gasteiger partial charge in [-0.1, -0.05) is 18.2 Å². The molecule has 2 heterocycles. The minimum absolute atomic E-state index is 0.514. The Hall–Kier alpha value is -2.69. The van der Waals surface area contributed by atoms with Gasteiger partial charge in [0, 0.05) is 5.56 Å². The summed E-state index contributed by atoms with van der Waals surface area (Å²) in [4.78, 5) is 11.1. The first kappa shape index (κ1) is 11.4. The summed E-state index contributed by atoms with van der Waals surface area (Å²) in [5, 5.41) is 8.22. The van der Waals surface area contributed by atoms with E-state index in [4.69, 9.17) is 4.74 Å². The molecule has 0 saturated carbocycles. The van der Waals surface area contributed by atoms with Gasteiger partial charge in [0.05, 0.1) is 12.8 Å². The maximum atomic E-state index is 11.1. The van der Waals surface area contributed by atoms with Crippen molar-refractivity contribution < 1.29 is 9.53 Å². The van der Waals surface area contributed by atoms with Crippen LogP contribution in [0.15, 0.2) is 42.5 Å². The fraction of sp³-hybridized carbons (Fsp3) is 0.0714. The molecule has 0 aliphatic rings. The van der Waals surface area contributed by atoms with E-state index in [1.54, 1.807) is 23.6 Å². The average molecular weight is 253 g/mol. The monoisotopic (exact) mass is 253 g/mol. The SMILES string of the molecule is COc1cccc(-c2nnc3cccc(C=O)n23)c1. The number of pyridine rings is 1. The minimum atomic E-state index is 0.514. The number of carbonyl (C=O) groups is 1. The van der Waals surface area contributed by atoms with Crippen LogP contribution in [0.5, 0.6) is 5.75 Å². The third-order valence-corrected chi connectivity index (χ3v) is 2.91. The molecule has 5 nitrogen and oxygen atoms in total. The molecule has 0 amide bonds. The van der Waals surface area contributed by atoms with Crippen molar-refractivity contribution in [3.05, 3.63) is 48.2 Å². The Kier molecular flexibility index (Phi) is 2.72. The van der Waals surface area contributed by atoms with Crippen LogP contribution in [0.4, 0.5) is 0 Å². The zero-order valence-corrected chi connectivity index (χ0v) is 10.3. The molecule has 3 rings (SSSR count). The Balaban J connectivity index is 2.27. The molecule has 0 N–H and O–H groups in total.